The molecule has 1 aliphatic carbocycles. The topological polar surface area (TPSA) is 36.2 Å². The summed E-state index contributed by atoms with van der Waals surface area (Å²) in [7, 11) is 0. The van der Waals surface area contributed by atoms with Crippen LogP contribution >= 0.6 is 0 Å². The molecule has 1 N–H and O–H groups in total. The van der Waals surface area contributed by atoms with Crippen molar-refractivity contribution in [3.05, 3.63) is 35.4 Å². The van der Waals surface area contributed by atoms with E-state index in [1.807, 2.05) is 6.07 Å². The van der Waals surface area contributed by atoms with Crippen molar-refractivity contribution < 1.29 is 0 Å². The molecule has 2 aliphatic rings. The average Bonchev–Trinajstić information content (AvgIpc) is 2.36. The standard InChI is InChI=1S/C16H18N2/c1-10(2)15-11-6-3-4-8-13(11)18-14-9-5-7-12(17)16(14)15/h3-4,6,8,16-17H,5,7,9H2,1-2H3. The summed E-state index contributed by atoms with van der Waals surface area (Å²) in [4.78, 5) is 4.79. The zero-order valence-electron chi connectivity index (χ0n) is 11.0. The van der Waals surface area contributed by atoms with Crippen molar-refractivity contribution in [3.63, 3.8) is 0 Å². The fourth-order valence-corrected chi connectivity index (χ4v) is 3.08. The van der Waals surface area contributed by atoms with E-state index in [0.717, 1.165) is 30.7 Å². The van der Waals surface area contributed by atoms with Crippen molar-refractivity contribution in [2.45, 2.75) is 33.1 Å². The van der Waals surface area contributed by atoms with Crippen molar-refractivity contribution in [3.8, 4) is 0 Å². The van der Waals surface area contributed by atoms with Crippen LogP contribution in [0.5, 0.6) is 0 Å². The van der Waals surface area contributed by atoms with Crippen LogP contribution in [0.15, 0.2) is 34.8 Å². The van der Waals surface area contributed by atoms with Crippen LogP contribution in [-0.4, -0.2) is 11.4 Å². The number of aliphatic imine (C=N–C) groups is 1. The number of para-hydroxylation sites is 1. The summed E-state index contributed by atoms with van der Waals surface area (Å²) in [5, 5.41) is 8.26. The van der Waals surface area contributed by atoms with Gasteiger partial charge in [0.05, 0.1) is 11.6 Å². The molecule has 0 radical (unpaired) electrons. The van der Waals surface area contributed by atoms with Gasteiger partial charge in [0.1, 0.15) is 0 Å². The highest BCUT2D eigenvalue weighted by molar-refractivity contribution is 6.19. The highest BCUT2D eigenvalue weighted by atomic mass is 14.8. The lowest BCUT2D eigenvalue weighted by Crippen LogP contribution is -2.31. The predicted molar refractivity (Wildman–Crippen MR) is 76.9 cm³/mol. The molecule has 1 heterocycles. The normalized spacial score (nSPS) is 22.1. The van der Waals surface area contributed by atoms with E-state index in [-0.39, 0.29) is 5.92 Å². The molecule has 1 saturated carbocycles. The van der Waals surface area contributed by atoms with Crippen LogP contribution in [0.2, 0.25) is 0 Å². The molecule has 92 valence electrons. The second-order valence-electron chi connectivity index (χ2n) is 5.35. The molecule has 3 rings (SSSR count). The summed E-state index contributed by atoms with van der Waals surface area (Å²) in [5.41, 5.74) is 6.96. The predicted octanol–water partition coefficient (Wildman–Crippen LogP) is 4.39. The van der Waals surface area contributed by atoms with Gasteiger partial charge in [0, 0.05) is 17.0 Å². The summed E-state index contributed by atoms with van der Waals surface area (Å²) in [6, 6.07) is 8.33. The Hall–Kier alpha value is -1.70. The first-order valence-corrected chi connectivity index (χ1v) is 6.60. The quantitative estimate of drug-likeness (QED) is 0.696. The van der Waals surface area contributed by atoms with Gasteiger partial charge in [-0.15, -0.1) is 0 Å². The highest BCUT2D eigenvalue weighted by Crippen LogP contribution is 2.42. The number of nitrogens with one attached hydrogen (secondary N) is 1. The number of benzene rings is 1. The lowest BCUT2D eigenvalue weighted by Gasteiger charge is -2.33. The van der Waals surface area contributed by atoms with Gasteiger partial charge >= 0.3 is 0 Å². The maximum absolute atomic E-state index is 8.26. The minimum Gasteiger partial charge on any atom is -0.309 e. The molecule has 0 amide bonds. The number of hydrogen-bond donors (Lipinski definition) is 1. The molecule has 0 aromatic heterocycles. The van der Waals surface area contributed by atoms with Crippen LogP contribution in [-0.2, 0) is 0 Å². The van der Waals surface area contributed by atoms with Crippen LogP contribution in [0.3, 0.4) is 0 Å². The van der Waals surface area contributed by atoms with Gasteiger partial charge in [-0.25, -0.2) is 0 Å². The summed E-state index contributed by atoms with van der Waals surface area (Å²) < 4.78 is 0. The Labute approximate surface area is 108 Å². The molecule has 1 aliphatic heterocycles. The van der Waals surface area contributed by atoms with Crippen LogP contribution in [0.1, 0.15) is 38.7 Å². The summed E-state index contributed by atoms with van der Waals surface area (Å²) in [6.45, 7) is 4.30. The number of hydrogen-bond acceptors (Lipinski definition) is 2. The fourth-order valence-electron chi connectivity index (χ4n) is 3.08. The molecule has 1 atom stereocenters. The Balaban J connectivity index is 2.26. The summed E-state index contributed by atoms with van der Waals surface area (Å²) in [6.07, 6.45) is 3.03. The Kier molecular flexibility index (Phi) is 2.66. The third-order valence-corrected chi connectivity index (χ3v) is 3.85. The van der Waals surface area contributed by atoms with Crippen LogP contribution in [0.25, 0.3) is 5.57 Å². The van der Waals surface area contributed by atoms with Crippen molar-refractivity contribution in [1.82, 2.24) is 0 Å². The molecule has 1 fully saturated rings. The first kappa shape index (κ1) is 11.4. The number of rotatable bonds is 0. The zero-order valence-corrected chi connectivity index (χ0v) is 11.0. The average molecular weight is 238 g/mol. The van der Waals surface area contributed by atoms with E-state index in [1.165, 1.54) is 22.4 Å². The number of allylic oxidation sites excluding steroid dienone is 2. The van der Waals surface area contributed by atoms with E-state index in [0.29, 0.717) is 0 Å². The third kappa shape index (κ3) is 1.64. The first-order valence-electron chi connectivity index (χ1n) is 6.60. The van der Waals surface area contributed by atoms with Gasteiger partial charge in [0.2, 0.25) is 0 Å². The van der Waals surface area contributed by atoms with Crippen LogP contribution in [0.4, 0.5) is 5.69 Å². The van der Waals surface area contributed by atoms with Gasteiger partial charge in [0.25, 0.3) is 0 Å². The molecular formula is C16H18N2. The SMILES string of the molecule is CC(C)=C1c2ccccc2N=C2CCCC(=N)C21. The Morgan fingerprint density at radius 2 is 2.00 bits per heavy atom. The highest BCUT2D eigenvalue weighted by Gasteiger charge is 2.33. The van der Waals surface area contributed by atoms with Gasteiger partial charge in [-0.1, -0.05) is 23.8 Å². The van der Waals surface area contributed by atoms with E-state index in [4.69, 9.17) is 10.4 Å². The molecule has 18 heavy (non-hydrogen) atoms. The van der Waals surface area contributed by atoms with Gasteiger partial charge in [0.15, 0.2) is 0 Å². The fraction of sp³-hybridized carbons (Fsp3) is 0.375. The smallest absolute Gasteiger partial charge is 0.0704 e. The van der Waals surface area contributed by atoms with E-state index in [2.05, 4.69) is 32.0 Å². The lowest BCUT2D eigenvalue weighted by molar-refractivity contribution is 0.825. The molecule has 1 aromatic carbocycles. The van der Waals surface area contributed by atoms with Gasteiger partial charge in [-0.3, -0.25) is 4.99 Å². The molecule has 0 bridgehead atoms. The van der Waals surface area contributed by atoms with E-state index in [9.17, 15) is 0 Å². The van der Waals surface area contributed by atoms with Crippen LogP contribution < -0.4 is 0 Å². The summed E-state index contributed by atoms with van der Waals surface area (Å²) in [5.74, 6) is 0.152. The largest absolute Gasteiger partial charge is 0.309 e. The van der Waals surface area contributed by atoms with Crippen molar-refractivity contribution in [1.29, 1.82) is 5.41 Å². The Morgan fingerprint density at radius 1 is 1.22 bits per heavy atom. The maximum Gasteiger partial charge on any atom is 0.0704 e. The van der Waals surface area contributed by atoms with Crippen molar-refractivity contribution >= 4 is 22.7 Å². The first-order chi connectivity index (χ1) is 8.68. The molecule has 1 unspecified atom stereocenters. The Morgan fingerprint density at radius 3 is 2.78 bits per heavy atom. The van der Waals surface area contributed by atoms with Gasteiger partial charge < -0.3 is 5.41 Å². The van der Waals surface area contributed by atoms with Crippen molar-refractivity contribution in [2.75, 3.05) is 0 Å². The zero-order chi connectivity index (χ0) is 12.7. The van der Waals surface area contributed by atoms with E-state index < -0.39 is 0 Å². The van der Waals surface area contributed by atoms with Crippen molar-refractivity contribution in [2.24, 2.45) is 10.9 Å². The van der Waals surface area contributed by atoms with Crippen LogP contribution in [0, 0.1) is 11.3 Å². The second-order valence-corrected chi connectivity index (χ2v) is 5.35. The van der Waals surface area contributed by atoms with Gasteiger partial charge in [-0.05, 0) is 44.7 Å². The summed E-state index contributed by atoms with van der Waals surface area (Å²) >= 11 is 0. The number of fused-ring (bicyclic) bond motifs is 2. The second kappa shape index (κ2) is 4.20. The van der Waals surface area contributed by atoms with E-state index >= 15 is 0 Å². The third-order valence-electron chi connectivity index (χ3n) is 3.85. The molecule has 1 aromatic rings. The van der Waals surface area contributed by atoms with Gasteiger partial charge in [-0.2, -0.15) is 0 Å². The monoisotopic (exact) mass is 238 g/mol. The maximum atomic E-state index is 8.26. The Bertz CT molecular complexity index is 575. The minimum absolute atomic E-state index is 0.152. The molecular weight excluding hydrogens is 220 g/mol. The molecule has 0 spiro atoms. The number of nitrogens with zero attached hydrogens (tertiary/aromatic N) is 1. The molecule has 0 saturated heterocycles. The molecule has 2 nitrogen and oxygen atoms in total. The molecule has 2 heteroatoms. The lowest BCUT2D eigenvalue weighted by atomic mass is 9.74. The van der Waals surface area contributed by atoms with E-state index in [1.54, 1.807) is 0 Å². The minimum atomic E-state index is 0.152.